The van der Waals surface area contributed by atoms with Crippen LogP contribution in [0.2, 0.25) is 0 Å². The molecule has 0 aromatic rings. The monoisotopic (exact) mass is 330 g/mol. The minimum Gasteiger partial charge on any atom is -0.394 e. The maximum absolute atomic E-state index is 12.0. The van der Waals surface area contributed by atoms with Gasteiger partial charge in [0.15, 0.2) is 12.1 Å². The van der Waals surface area contributed by atoms with Crippen LogP contribution in [-0.4, -0.2) is 70.1 Å². The molecule has 23 heavy (non-hydrogen) atoms. The van der Waals surface area contributed by atoms with Crippen molar-refractivity contribution >= 4 is 5.78 Å². The Morgan fingerprint density at radius 2 is 1.96 bits per heavy atom. The van der Waals surface area contributed by atoms with Crippen LogP contribution in [0.25, 0.3) is 0 Å². The molecular weight excluding hydrogens is 304 g/mol. The second-order valence-electron chi connectivity index (χ2n) is 6.60. The molecule has 0 bridgehead atoms. The van der Waals surface area contributed by atoms with Gasteiger partial charge in [-0.2, -0.15) is 0 Å². The van der Waals surface area contributed by atoms with Crippen LogP contribution < -0.4 is 0 Å². The molecule has 132 valence electrons. The van der Waals surface area contributed by atoms with Crippen molar-refractivity contribution in [1.82, 2.24) is 0 Å². The van der Waals surface area contributed by atoms with Gasteiger partial charge in [0.25, 0.3) is 0 Å². The lowest BCUT2D eigenvalue weighted by Crippen LogP contribution is -2.59. The largest absolute Gasteiger partial charge is 0.394 e. The highest BCUT2D eigenvalue weighted by Gasteiger charge is 2.44. The number of hydrogen-bond donors (Lipinski definition) is 4. The van der Waals surface area contributed by atoms with Gasteiger partial charge in [0.2, 0.25) is 0 Å². The van der Waals surface area contributed by atoms with Gasteiger partial charge in [-0.3, -0.25) is 4.79 Å². The topological polar surface area (TPSA) is 116 Å². The molecule has 0 radical (unpaired) electrons. The van der Waals surface area contributed by atoms with Crippen LogP contribution in [0.4, 0.5) is 0 Å². The second kappa shape index (κ2) is 7.83. The van der Waals surface area contributed by atoms with Crippen molar-refractivity contribution in [2.75, 3.05) is 13.2 Å². The predicted octanol–water partition coefficient (Wildman–Crippen LogP) is -0.636. The van der Waals surface area contributed by atoms with Crippen LogP contribution >= 0.6 is 0 Å². The van der Waals surface area contributed by atoms with Crippen LogP contribution in [0.1, 0.15) is 26.7 Å². The fraction of sp³-hybridized carbons (Fsp3) is 0.812. The molecule has 4 N–H and O–H groups in total. The zero-order chi connectivity index (χ0) is 17.1. The molecule has 0 aromatic carbocycles. The highest BCUT2D eigenvalue weighted by Crippen LogP contribution is 2.28. The summed E-state index contributed by atoms with van der Waals surface area (Å²) in [5.41, 5.74) is 0.809. The smallest absolute Gasteiger partial charge is 0.187 e. The molecule has 2 rings (SSSR count). The third-order valence-electron chi connectivity index (χ3n) is 4.57. The molecule has 0 amide bonds. The number of rotatable bonds is 5. The molecular formula is C16H26O7. The highest BCUT2D eigenvalue weighted by atomic mass is 16.7. The molecule has 1 saturated heterocycles. The third-order valence-corrected chi connectivity index (χ3v) is 4.57. The number of ether oxygens (including phenoxy) is 2. The molecule has 2 aliphatic rings. The van der Waals surface area contributed by atoms with E-state index in [1.165, 1.54) is 0 Å². The Hall–Kier alpha value is -0.830. The van der Waals surface area contributed by atoms with E-state index in [0.717, 1.165) is 18.4 Å². The Morgan fingerprint density at radius 3 is 2.52 bits per heavy atom. The summed E-state index contributed by atoms with van der Waals surface area (Å²) in [4.78, 5) is 12.0. The maximum Gasteiger partial charge on any atom is 0.187 e. The number of hydrogen-bond acceptors (Lipinski definition) is 7. The van der Waals surface area contributed by atoms with E-state index in [1.54, 1.807) is 6.08 Å². The summed E-state index contributed by atoms with van der Waals surface area (Å²) in [7, 11) is 0. The van der Waals surface area contributed by atoms with Crippen LogP contribution in [0.5, 0.6) is 0 Å². The zero-order valence-electron chi connectivity index (χ0n) is 13.5. The average Bonchev–Trinajstić information content (AvgIpc) is 2.51. The standard InChI is InChI=1S/C16H26O7/c1-8(2)10-4-3-9(5-11(10)18)7-22-16-15(21)14(20)13(19)12(6-17)23-16/h5,8,10,12-17,19-21H,3-4,6-7H2,1-2H3/t10-,12-,13-,14+,15-,16-/m1/s1. The van der Waals surface area contributed by atoms with E-state index < -0.39 is 37.3 Å². The van der Waals surface area contributed by atoms with Crippen molar-refractivity contribution in [2.24, 2.45) is 11.8 Å². The minimum absolute atomic E-state index is 0.0333. The van der Waals surface area contributed by atoms with Gasteiger partial charge in [-0.05, 0) is 30.4 Å². The Morgan fingerprint density at radius 1 is 1.26 bits per heavy atom. The maximum atomic E-state index is 12.0. The fourth-order valence-corrected chi connectivity index (χ4v) is 3.03. The normalized spacial score (nSPS) is 38.7. The van der Waals surface area contributed by atoms with Gasteiger partial charge in [0, 0.05) is 5.92 Å². The lowest BCUT2D eigenvalue weighted by atomic mass is 9.81. The summed E-state index contributed by atoms with van der Waals surface area (Å²) in [6.45, 7) is 3.64. The first kappa shape index (κ1) is 18.5. The SMILES string of the molecule is CC(C)[C@H]1CCC(CO[C@@H]2O[C@H](CO)[C@@H](O)[C@H](O)[C@H]2O)=CC1=O. The number of ketones is 1. The molecule has 1 aliphatic carbocycles. The van der Waals surface area contributed by atoms with Gasteiger partial charge in [-0.1, -0.05) is 13.8 Å². The first-order valence-corrected chi connectivity index (χ1v) is 8.00. The number of carbonyl (C=O) groups is 1. The van der Waals surface area contributed by atoms with E-state index >= 15 is 0 Å². The van der Waals surface area contributed by atoms with Gasteiger partial charge < -0.3 is 29.9 Å². The summed E-state index contributed by atoms with van der Waals surface area (Å²) < 4.78 is 10.7. The van der Waals surface area contributed by atoms with Gasteiger partial charge in [0.1, 0.15) is 24.4 Å². The van der Waals surface area contributed by atoms with E-state index in [0.29, 0.717) is 5.92 Å². The highest BCUT2D eigenvalue weighted by molar-refractivity contribution is 5.93. The Balaban J connectivity index is 1.93. The molecule has 0 aromatic heterocycles. The lowest BCUT2D eigenvalue weighted by Gasteiger charge is -2.39. The van der Waals surface area contributed by atoms with Crippen molar-refractivity contribution in [3.05, 3.63) is 11.6 Å². The molecule has 1 aliphatic heterocycles. The summed E-state index contributed by atoms with van der Waals surface area (Å²) >= 11 is 0. The van der Waals surface area contributed by atoms with Gasteiger partial charge in [-0.15, -0.1) is 0 Å². The van der Waals surface area contributed by atoms with Crippen molar-refractivity contribution < 1.29 is 34.7 Å². The van der Waals surface area contributed by atoms with Crippen molar-refractivity contribution in [3.8, 4) is 0 Å². The van der Waals surface area contributed by atoms with Gasteiger partial charge >= 0.3 is 0 Å². The molecule has 6 atom stereocenters. The second-order valence-corrected chi connectivity index (χ2v) is 6.60. The van der Waals surface area contributed by atoms with E-state index in [1.807, 2.05) is 13.8 Å². The Bertz CT molecular complexity index is 446. The Kier molecular flexibility index (Phi) is 6.30. The third kappa shape index (κ3) is 4.17. The van der Waals surface area contributed by atoms with Gasteiger partial charge in [-0.25, -0.2) is 0 Å². The zero-order valence-corrected chi connectivity index (χ0v) is 13.5. The van der Waals surface area contributed by atoms with Crippen molar-refractivity contribution in [3.63, 3.8) is 0 Å². The molecule has 7 nitrogen and oxygen atoms in total. The summed E-state index contributed by atoms with van der Waals surface area (Å²) in [6, 6.07) is 0. The Labute approximate surface area is 135 Å². The van der Waals surface area contributed by atoms with Crippen LogP contribution in [0, 0.1) is 11.8 Å². The molecule has 1 heterocycles. The lowest BCUT2D eigenvalue weighted by molar-refractivity contribution is -0.299. The predicted molar refractivity (Wildman–Crippen MR) is 80.4 cm³/mol. The quantitative estimate of drug-likeness (QED) is 0.530. The van der Waals surface area contributed by atoms with Gasteiger partial charge in [0.05, 0.1) is 13.2 Å². The van der Waals surface area contributed by atoms with E-state index in [2.05, 4.69) is 0 Å². The average molecular weight is 330 g/mol. The number of aliphatic hydroxyl groups excluding tert-OH is 4. The summed E-state index contributed by atoms with van der Waals surface area (Å²) in [5.74, 6) is 0.413. The fourth-order valence-electron chi connectivity index (χ4n) is 3.03. The molecule has 1 fully saturated rings. The number of carbonyl (C=O) groups excluding carboxylic acids is 1. The number of allylic oxidation sites excluding steroid dienone is 1. The first-order valence-electron chi connectivity index (χ1n) is 8.00. The first-order chi connectivity index (χ1) is 10.8. The van der Waals surface area contributed by atoms with Crippen molar-refractivity contribution in [1.29, 1.82) is 0 Å². The molecule has 0 saturated carbocycles. The van der Waals surface area contributed by atoms with Crippen molar-refractivity contribution in [2.45, 2.75) is 57.4 Å². The molecule has 0 spiro atoms. The van der Waals surface area contributed by atoms with Crippen LogP contribution in [-0.2, 0) is 14.3 Å². The summed E-state index contributed by atoms with van der Waals surface area (Å²) in [6.07, 6.45) is -3.37. The number of aliphatic hydroxyl groups is 4. The van der Waals surface area contributed by atoms with E-state index in [-0.39, 0.29) is 18.3 Å². The minimum atomic E-state index is -1.46. The van der Waals surface area contributed by atoms with Crippen LogP contribution in [0.15, 0.2) is 11.6 Å². The van der Waals surface area contributed by atoms with E-state index in [4.69, 9.17) is 14.6 Å². The van der Waals surface area contributed by atoms with Crippen LogP contribution in [0.3, 0.4) is 0 Å². The molecule has 7 heteroatoms. The molecule has 0 unspecified atom stereocenters. The summed E-state index contributed by atoms with van der Waals surface area (Å²) in [5, 5.41) is 38.4. The van der Waals surface area contributed by atoms with E-state index in [9.17, 15) is 20.1 Å².